The molecule has 1 aromatic carbocycles. The molecule has 178 valence electrons. The molecule has 1 aromatic rings. The number of aliphatic hydroxyl groups is 1. The number of carboxylic acids is 2. The molecule has 3 heterocycles. The molecule has 4 rings (SSSR count). The second-order valence-electron chi connectivity index (χ2n) is 8.58. The molecule has 0 bridgehead atoms. The van der Waals surface area contributed by atoms with E-state index in [9.17, 15) is 29.4 Å². The van der Waals surface area contributed by atoms with E-state index in [1.807, 2.05) is 6.92 Å². The number of thioether (sulfide) groups is 1. The number of rotatable bonds is 7. The maximum absolute atomic E-state index is 12.7. The van der Waals surface area contributed by atoms with Gasteiger partial charge in [0.05, 0.1) is 29.7 Å². The first kappa shape index (κ1) is 26.7. The number of carbonyl (C=O) groups excluding carboxylic acids is 2. The van der Waals surface area contributed by atoms with Crippen LogP contribution in [0.5, 0.6) is 0 Å². The molecule has 10 nitrogen and oxygen atoms in total. The van der Waals surface area contributed by atoms with Gasteiger partial charge in [-0.25, -0.2) is 9.59 Å². The Labute approximate surface area is 223 Å². The normalized spacial score (nSPS) is 28.6. The van der Waals surface area contributed by atoms with Crippen molar-refractivity contribution >= 4 is 41.2 Å². The summed E-state index contributed by atoms with van der Waals surface area (Å²) >= 11 is 1.36. The molecule has 3 aliphatic rings. The minimum Gasteiger partial charge on any atom is -1.00 e. The standard InChI is InChI=1S/C22H25N3O7S.Na.H/c1-9-16-15(10(2)26)20(28)25(16)17(22(31)32)18(9)33-13-7-14(23-8-13)19(27)24-12-5-3-4-11(6-12)21(29)30;;/h3-6,9-10,13-16,23,26H,7-8H2,1-2H3,(H,24,27)(H,29,30)(H,31,32);;/q;+1;-1/t9-,10?,13?,14?,15+,16+;;/m0../s1. The molecule has 6 atom stereocenters. The second-order valence-corrected chi connectivity index (χ2v) is 9.93. The predicted molar refractivity (Wildman–Crippen MR) is 121 cm³/mol. The zero-order valence-corrected chi connectivity index (χ0v) is 21.8. The number of aliphatic hydroxyl groups excluding tert-OH is 1. The van der Waals surface area contributed by atoms with Crippen LogP contribution in [0.25, 0.3) is 0 Å². The van der Waals surface area contributed by atoms with Crippen molar-refractivity contribution in [2.45, 2.75) is 43.7 Å². The molecule has 12 heteroatoms. The van der Waals surface area contributed by atoms with E-state index in [2.05, 4.69) is 10.6 Å². The van der Waals surface area contributed by atoms with Gasteiger partial charge in [-0.3, -0.25) is 9.59 Å². The summed E-state index contributed by atoms with van der Waals surface area (Å²) in [6.07, 6.45) is -0.419. The number of β-lactam (4-membered cyclic amide) rings is 1. The van der Waals surface area contributed by atoms with Gasteiger partial charge in [0.2, 0.25) is 11.8 Å². The van der Waals surface area contributed by atoms with E-state index >= 15 is 0 Å². The summed E-state index contributed by atoms with van der Waals surface area (Å²) in [7, 11) is 0. The number of benzene rings is 1. The van der Waals surface area contributed by atoms with Gasteiger partial charge in [0.25, 0.3) is 0 Å². The number of anilines is 1. The fourth-order valence-electron chi connectivity index (χ4n) is 4.81. The van der Waals surface area contributed by atoms with E-state index in [0.717, 1.165) is 0 Å². The molecule has 0 aromatic heterocycles. The van der Waals surface area contributed by atoms with Crippen LogP contribution in [-0.2, 0) is 14.4 Å². The number of nitrogens with one attached hydrogen (secondary N) is 2. The predicted octanol–water partition coefficient (Wildman–Crippen LogP) is -1.94. The number of carbonyl (C=O) groups is 4. The Hall–Kier alpha value is -1.89. The maximum atomic E-state index is 12.7. The summed E-state index contributed by atoms with van der Waals surface area (Å²) in [5, 5.41) is 34.6. The van der Waals surface area contributed by atoms with Crippen molar-refractivity contribution in [1.29, 1.82) is 0 Å². The summed E-state index contributed by atoms with van der Waals surface area (Å²) in [5.41, 5.74) is 0.418. The summed E-state index contributed by atoms with van der Waals surface area (Å²) in [4.78, 5) is 50.1. The summed E-state index contributed by atoms with van der Waals surface area (Å²) < 4.78 is 0. The minimum absolute atomic E-state index is 0. The fourth-order valence-corrected chi connectivity index (χ4v) is 6.29. The van der Waals surface area contributed by atoms with Crippen molar-refractivity contribution in [3.05, 3.63) is 40.4 Å². The Morgan fingerprint density at radius 2 is 1.97 bits per heavy atom. The van der Waals surface area contributed by atoms with Crippen molar-refractivity contribution in [2.75, 3.05) is 11.9 Å². The molecule has 5 N–H and O–H groups in total. The van der Waals surface area contributed by atoms with Crippen molar-refractivity contribution in [2.24, 2.45) is 11.8 Å². The monoisotopic (exact) mass is 499 g/mol. The van der Waals surface area contributed by atoms with Crippen LogP contribution in [-0.4, -0.2) is 74.0 Å². The smallest absolute Gasteiger partial charge is 1.00 e. The Bertz CT molecular complexity index is 1070. The van der Waals surface area contributed by atoms with Crippen LogP contribution in [0.3, 0.4) is 0 Å². The Morgan fingerprint density at radius 3 is 2.59 bits per heavy atom. The van der Waals surface area contributed by atoms with Crippen LogP contribution in [0, 0.1) is 11.8 Å². The van der Waals surface area contributed by atoms with Crippen molar-refractivity contribution in [3.8, 4) is 0 Å². The van der Waals surface area contributed by atoms with Crippen LogP contribution in [0.15, 0.2) is 34.9 Å². The van der Waals surface area contributed by atoms with E-state index < -0.39 is 30.0 Å². The van der Waals surface area contributed by atoms with Crippen LogP contribution < -0.4 is 40.2 Å². The third kappa shape index (κ3) is 4.77. The summed E-state index contributed by atoms with van der Waals surface area (Å²) in [5.74, 6) is -3.79. The number of fused-ring (bicyclic) bond motifs is 1. The number of hydrogen-bond acceptors (Lipinski definition) is 7. The molecule has 0 spiro atoms. The molecule has 2 amide bonds. The van der Waals surface area contributed by atoms with E-state index in [-0.39, 0.29) is 71.3 Å². The first-order chi connectivity index (χ1) is 15.6. The van der Waals surface area contributed by atoms with Crippen molar-refractivity contribution in [1.82, 2.24) is 10.2 Å². The van der Waals surface area contributed by atoms with Gasteiger partial charge in [-0.2, -0.15) is 0 Å². The van der Waals surface area contributed by atoms with E-state index in [1.54, 1.807) is 12.1 Å². The first-order valence-electron chi connectivity index (χ1n) is 10.6. The first-order valence-corrected chi connectivity index (χ1v) is 11.5. The summed E-state index contributed by atoms with van der Waals surface area (Å²) in [6.45, 7) is 3.87. The van der Waals surface area contributed by atoms with E-state index in [1.165, 1.54) is 35.7 Å². The third-order valence-electron chi connectivity index (χ3n) is 6.39. The average Bonchev–Trinajstić information content (AvgIpc) is 3.30. The van der Waals surface area contributed by atoms with Crippen LogP contribution in [0.4, 0.5) is 5.69 Å². The molecule has 2 saturated heterocycles. The van der Waals surface area contributed by atoms with Crippen LogP contribution in [0.2, 0.25) is 0 Å². The molecular weight excluding hydrogens is 473 g/mol. The number of amides is 2. The number of carboxylic acid groups (broad SMARTS) is 2. The van der Waals surface area contributed by atoms with Gasteiger partial charge >= 0.3 is 41.5 Å². The Kier molecular flexibility index (Phi) is 8.16. The minimum atomic E-state index is -1.18. The third-order valence-corrected chi connectivity index (χ3v) is 7.90. The zero-order valence-electron chi connectivity index (χ0n) is 20.0. The molecule has 2 fully saturated rings. The molecule has 3 aliphatic heterocycles. The topological polar surface area (TPSA) is 156 Å². The molecule has 0 aliphatic carbocycles. The number of aromatic carboxylic acids is 1. The Morgan fingerprint density at radius 1 is 1.26 bits per heavy atom. The zero-order chi connectivity index (χ0) is 24.0. The van der Waals surface area contributed by atoms with Crippen LogP contribution in [0.1, 0.15) is 32.1 Å². The van der Waals surface area contributed by atoms with Gasteiger partial charge in [0, 0.05) is 28.3 Å². The van der Waals surface area contributed by atoms with Gasteiger partial charge in [0.15, 0.2) is 0 Å². The molecule has 34 heavy (non-hydrogen) atoms. The molecule has 3 unspecified atom stereocenters. The van der Waals surface area contributed by atoms with Gasteiger partial charge in [-0.05, 0) is 31.5 Å². The van der Waals surface area contributed by atoms with Gasteiger partial charge in [-0.1, -0.05) is 13.0 Å². The Balaban J connectivity index is 0.00000216. The quantitative estimate of drug-likeness (QED) is 0.213. The number of hydrogen-bond donors (Lipinski definition) is 5. The second kappa shape index (κ2) is 10.4. The van der Waals surface area contributed by atoms with Gasteiger partial charge in [-0.15, -0.1) is 11.8 Å². The molecule has 0 saturated carbocycles. The van der Waals surface area contributed by atoms with Crippen molar-refractivity contribution < 1.29 is 65.5 Å². The SMILES string of the molecule is CC(O)[C@H]1C(=O)N2C(C(=O)O)=C(SC3CNC(C(=O)Nc4cccc(C(=O)O)c4)C3)[C@@H](C)[C@H]12.[H-].[Na+]. The largest absolute Gasteiger partial charge is 1.00 e. The summed E-state index contributed by atoms with van der Waals surface area (Å²) in [6, 6.07) is 5.07. The number of nitrogens with zero attached hydrogens (tertiary/aromatic N) is 1. The molecule has 0 radical (unpaired) electrons. The van der Waals surface area contributed by atoms with Gasteiger partial charge in [0.1, 0.15) is 5.70 Å². The van der Waals surface area contributed by atoms with Crippen LogP contribution >= 0.6 is 11.8 Å². The van der Waals surface area contributed by atoms with E-state index in [0.29, 0.717) is 23.6 Å². The number of aliphatic carboxylic acids is 1. The van der Waals surface area contributed by atoms with Crippen molar-refractivity contribution in [3.63, 3.8) is 0 Å². The fraction of sp³-hybridized carbons (Fsp3) is 0.455. The maximum Gasteiger partial charge on any atom is 1.00 e. The van der Waals surface area contributed by atoms with Gasteiger partial charge < -0.3 is 32.3 Å². The van der Waals surface area contributed by atoms with E-state index in [4.69, 9.17) is 5.11 Å². The molecular formula is C22H26N3NaO7S. The average molecular weight is 500 g/mol.